The Labute approximate surface area is 239 Å². The molecule has 1 amide bonds. The molecule has 4 aromatic rings. The number of rotatable bonds is 8. The summed E-state index contributed by atoms with van der Waals surface area (Å²) >= 11 is 0. The Hall–Kier alpha value is -3.75. The molecule has 210 valence electrons. The zero-order valence-corrected chi connectivity index (χ0v) is 23.0. The molecule has 41 heavy (non-hydrogen) atoms. The molecular formula is C33H35N5O3. The number of fused-ring (bicyclic) bond motifs is 3. The number of aromatic amines is 1. The molecule has 0 unspecified atom stereocenters. The Bertz CT molecular complexity index is 1530. The molecule has 4 fully saturated rings. The van der Waals surface area contributed by atoms with Crippen LogP contribution in [0.2, 0.25) is 0 Å². The van der Waals surface area contributed by atoms with E-state index in [1.807, 2.05) is 48.5 Å². The van der Waals surface area contributed by atoms with Crippen LogP contribution in [-0.2, 0) is 4.74 Å². The lowest BCUT2D eigenvalue weighted by Gasteiger charge is -2.46. The maximum atomic E-state index is 13.3. The number of carbonyl (C=O) groups is 1. The van der Waals surface area contributed by atoms with Crippen molar-refractivity contribution >= 4 is 16.8 Å². The van der Waals surface area contributed by atoms with E-state index in [1.165, 1.54) is 12.8 Å². The van der Waals surface area contributed by atoms with Gasteiger partial charge < -0.3 is 14.8 Å². The molecule has 8 heteroatoms. The van der Waals surface area contributed by atoms with E-state index in [-0.39, 0.29) is 18.1 Å². The summed E-state index contributed by atoms with van der Waals surface area (Å²) in [7, 11) is 0. The number of hydrogen-bond acceptors (Lipinski definition) is 6. The zero-order chi connectivity index (χ0) is 27.3. The second-order valence-electron chi connectivity index (χ2n) is 12.1. The minimum absolute atomic E-state index is 0.0644. The van der Waals surface area contributed by atoms with E-state index >= 15 is 0 Å². The van der Waals surface area contributed by atoms with Crippen LogP contribution in [0.3, 0.4) is 0 Å². The largest absolute Gasteiger partial charge is 0.490 e. The molecule has 3 aliphatic heterocycles. The van der Waals surface area contributed by atoms with E-state index in [4.69, 9.17) is 9.47 Å². The summed E-state index contributed by atoms with van der Waals surface area (Å²) in [4.78, 5) is 20.6. The molecule has 5 heterocycles. The van der Waals surface area contributed by atoms with Crippen LogP contribution in [0.4, 0.5) is 0 Å². The average molecular weight is 550 g/mol. The monoisotopic (exact) mass is 549 g/mol. The molecule has 2 N–H and O–H groups in total. The number of hydrogen-bond donors (Lipinski definition) is 2. The van der Waals surface area contributed by atoms with Crippen LogP contribution in [0.1, 0.15) is 60.6 Å². The minimum atomic E-state index is -0.0878. The lowest BCUT2D eigenvalue weighted by Crippen LogP contribution is -2.57. The highest BCUT2D eigenvalue weighted by molar-refractivity contribution is 6.01. The lowest BCUT2D eigenvalue weighted by atomic mass is 9.96. The fourth-order valence-corrected chi connectivity index (χ4v) is 7.16. The van der Waals surface area contributed by atoms with E-state index in [1.54, 1.807) is 6.20 Å². The predicted molar refractivity (Wildman–Crippen MR) is 156 cm³/mol. The van der Waals surface area contributed by atoms with Crippen LogP contribution in [0, 0.1) is 5.92 Å². The molecule has 1 aliphatic carbocycles. The SMILES string of the molecule is O=C(N[C@@H](c1ccccn1)C1CC1)c1ccc2[nH]nc(-c3ccc(O[C@@H]4C[C@H]5CC[C@@H](C4)N5C4COC4)cc3)c2c1. The molecule has 3 saturated heterocycles. The average Bonchev–Trinajstić information content (AvgIpc) is 3.68. The fourth-order valence-electron chi connectivity index (χ4n) is 7.16. The summed E-state index contributed by atoms with van der Waals surface area (Å²) in [6.45, 7) is 1.78. The first-order valence-corrected chi connectivity index (χ1v) is 15.0. The Balaban J connectivity index is 0.970. The van der Waals surface area contributed by atoms with Crippen molar-refractivity contribution in [2.75, 3.05) is 13.2 Å². The number of nitrogens with zero attached hydrogens (tertiary/aromatic N) is 3. The Morgan fingerprint density at radius 2 is 1.78 bits per heavy atom. The quantitative estimate of drug-likeness (QED) is 0.311. The number of nitrogens with one attached hydrogen (secondary N) is 2. The first kappa shape index (κ1) is 25.0. The number of amides is 1. The van der Waals surface area contributed by atoms with Gasteiger partial charge in [0.15, 0.2) is 0 Å². The molecule has 2 aromatic carbocycles. The van der Waals surface area contributed by atoms with Gasteiger partial charge in [-0.05, 0) is 99.0 Å². The van der Waals surface area contributed by atoms with Gasteiger partial charge in [-0.3, -0.25) is 19.8 Å². The van der Waals surface area contributed by atoms with Gasteiger partial charge in [-0.2, -0.15) is 5.10 Å². The normalized spacial score (nSPS) is 25.1. The molecule has 2 bridgehead atoms. The van der Waals surface area contributed by atoms with Gasteiger partial charge >= 0.3 is 0 Å². The highest BCUT2D eigenvalue weighted by atomic mass is 16.5. The van der Waals surface area contributed by atoms with Gasteiger partial charge in [0.2, 0.25) is 0 Å². The third kappa shape index (κ3) is 4.79. The molecular weight excluding hydrogens is 514 g/mol. The first-order chi connectivity index (χ1) is 20.2. The van der Waals surface area contributed by atoms with Crippen LogP contribution in [-0.4, -0.2) is 63.4 Å². The topological polar surface area (TPSA) is 92.4 Å². The maximum Gasteiger partial charge on any atom is 0.251 e. The number of H-pyrrole nitrogens is 1. The Morgan fingerprint density at radius 1 is 0.976 bits per heavy atom. The van der Waals surface area contributed by atoms with Gasteiger partial charge in [0.25, 0.3) is 5.91 Å². The van der Waals surface area contributed by atoms with Crippen molar-refractivity contribution in [1.82, 2.24) is 25.4 Å². The highest BCUT2D eigenvalue weighted by Crippen LogP contribution is 2.41. The third-order valence-electron chi connectivity index (χ3n) is 9.43. The van der Waals surface area contributed by atoms with Crippen molar-refractivity contribution in [3.8, 4) is 17.0 Å². The predicted octanol–water partition coefficient (Wildman–Crippen LogP) is 5.28. The fraction of sp³-hybridized carbons (Fsp3) is 0.424. The van der Waals surface area contributed by atoms with E-state index in [2.05, 4.69) is 37.5 Å². The van der Waals surface area contributed by atoms with Gasteiger partial charge in [0.1, 0.15) is 11.9 Å². The van der Waals surface area contributed by atoms with Gasteiger partial charge in [0, 0.05) is 34.8 Å². The van der Waals surface area contributed by atoms with Gasteiger partial charge in [-0.1, -0.05) is 6.07 Å². The molecule has 2 aromatic heterocycles. The first-order valence-electron chi connectivity index (χ1n) is 15.0. The Kier molecular flexibility index (Phi) is 6.26. The smallest absolute Gasteiger partial charge is 0.251 e. The van der Waals surface area contributed by atoms with Crippen LogP contribution in [0.15, 0.2) is 66.9 Å². The summed E-state index contributed by atoms with van der Waals surface area (Å²) in [6.07, 6.45) is 9.00. The van der Waals surface area contributed by atoms with Gasteiger partial charge in [0.05, 0.1) is 42.2 Å². The number of pyridine rings is 1. The molecule has 8 rings (SSSR count). The zero-order valence-electron chi connectivity index (χ0n) is 23.0. The molecule has 4 aliphatic rings. The van der Waals surface area contributed by atoms with Crippen molar-refractivity contribution in [3.05, 3.63) is 78.1 Å². The van der Waals surface area contributed by atoms with E-state index in [0.29, 0.717) is 29.6 Å². The summed E-state index contributed by atoms with van der Waals surface area (Å²) < 4.78 is 11.9. The number of benzene rings is 2. The van der Waals surface area contributed by atoms with Gasteiger partial charge in [-0.25, -0.2) is 0 Å². The summed E-state index contributed by atoms with van der Waals surface area (Å²) in [5.41, 5.74) is 4.27. The van der Waals surface area contributed by atoms with Gasteiger partial charge in [-0.15, -0.1) is 0 Å². The van der Waals surface area contributed by atoms with Crippen molar-refractivity contribution < 1.29 is 14.3 Å². The van der Waals surface area contributed by atoms with Crippen LogP contribution < -0.4 is 10.1 Å². The van der Waals surface area contributed by atoms with Crippen molar-refractivity contribution in [1.29, 1.82) is 0 Å². The second kappa shape index (κ2) is 10.3. The summed E-state index contributed by atoms with van der Waals surface area (Å²) in [6, 6.07) is 21.6. The second-order valence-corrected chi connectivity index (χ2v) is 12.1. The van der Waals surface area contributed by atoms with Crippen molar-refractivity contribution in [2.45, 2.75) is 68.8 Å². The maximum absolute atomic E-state index is 13.3. The van der Waals surface area contributed by atoms with Crippen LogP contribution in [0.25, 0.3) is 22.2 Å². The number of ether oxygens (including phenoxy) is 2. The summed E-state index contributed by atoms with van der Waals surface area (Å²) in [5.74, 6) is 1.26. The molecule has 4 atom stereocenters. The van der Waals surface area contributed by atoms with Crippen molar-refractivity contribution in [3.63, 3.8) is 0 Å². The Morgan fingerprint density at radius 3 is 2.46 bits per heavy atom. The summed E-state index contributed by atoms with van der Waals surface area (Å²) in [5, 5.41) is 11.9. The van der Waals surface area contributed by atoms with Crippen LogP contribution in [0.5, 0.6) is 5.75 Å². The standard InChI is InChI=1S/C33H35N5O3/c39-33(35-32(21-4-5-21)30-3-1-2-14-34-30)22-8-13-29-28(15-22)31(37-36-29)20-6-11-26(12-7-20)41-27-16-23-9-10-24(17-27)38(23)25-18-40-19-25/h1-3,6-8,11-15,21,23-25,27,32H,4-5,9-10,16-19H2,(H,35,39)(H,36,37)/t23-,24+,27-,32-/m1/s1. The number of carbonyl (C=O) groups excluding carboxylic acids is 1. The molecule has 0 radical (unpaired) electrons. The molecule has 0 spiro atoms. The van der Waals surface area contributed by atoms with E-state index < -0.39 is 0 Å². The molecule has 8 nitrogen and oxygen atoms in total. The minimum Gasteiger partial charge on any atom is -0.490 e. The third-order valence-corrected chi connectivity index (χ3v) is 9.43. The molecule has 1 saturated carbocycles. The number of aromatic nitrogens is 3. The van der Waals surface area contributed by atoms with E-state index in [9.17, 15) is 4.79 Å². The highest BCUT2D eigenvalue weighted by Gasteiger charge is 2.46. The van der Waals surface area contributed by atoms with Crippen molar-refractivity contribution in [2.24, 2.45) is 5.92 Å². The van der Waals surface area contributed by atoms with E-state index in [0.717, 1.165) is 72.5 Å². The number of piperidine rings is 1. The lowest BCUT2D eigenvalue weighted by molar-refractivity contribution is -0.102. The van der Waals surface area contributed by atoms with Crippen LogP contribution >= 0.6 is 0 Å².